The number of carbonyl (C=O) groups excluding carboxylic acids is 3. The van der Waals surface area contributed by atoms with E-state index >= 15 is 0 Å². The summed E-state index contributed by atoms with van der Waals surface area (Å²) in [7, 11) is 0. The monoisotopic (exact) mass is 394 g/mol. The average molecular weight is 395 g/mol. The van der Waals surface area contributed by atoms with E-state index in [0.717, 1.165) is 19.3 Å². The van der Waals surface area contributed by atoms with Gasteiger partial charge in [0.05, 0.1) is 11.3 Å². The Labute approximate surface area is 167 Å². The van der Waals surface area contributed by atoms with Crippen molar-refractivity contribution in [2.24, 2.45) is 29.1 Å². The van der Waals surface area contributed by atoms with E-state index in [-0.39, 0.29) is 36.3 Å². The van der Waals surface area contributed by atoms with Crippen molar-refractivity contribution in [2.75, 3.05) is 6.61 Å². The molecule has 0 aliphatic heterocycles. The summed E-state index contributed by atoms with van der Waals surface area (Å²) in [5.41, 5.74) is -1.67. The summed E-state index contributed by atoms with van der Waals surface area (Å²) in [4.78, 5) is 37.6. The number of hydrogen-bond acceptors (Lipinski definition) is 6. The first-order chi connectivity index (χ1) is 12.8. The number of esters is 3. The Morgan fingerprint density at radius 1 is 0.857 bits per heavy atom. The largest absolute Gasteiger partial charge is 0.460 e. The summed E-state index contributed by atoms with van der Waals surface area (Å²) in [6.07, 6.45) is 4.05. The molecule has 4 bridgehead atoms. The van der Waals surface area contributed by atoms with Crippen molar-refractivity contribution in [1.82, 2.24) is 0 Å². The van der Waals surface area contributed by atoms with Crippen LogP contribution < -0.4 is 0 Å². The molecule has 6 nitrogen and oxygen atoms in total. The Hall–Kier alpha value is -1.59. The van der Waals surface area contributed by atoms with Crippen LogP contribution in [-0.2, 0) is 28.6 Å². The lowest BCUT2D eigenvalue weighted by molar-refractivity contribution is -0.193. The lowest BCUT2D eigenvalue weighted by atomic mass is 9.46. The van der Waals surface area contributed by atoms with Gasteiger partial charge in [0.15, 0.2) is 6.61 Å². The SMILES string of the molecule is CC(C)(C)OC(=O)COC(=O)C12CC3CC(C1)C(C(=O)OC(C)(C)C)C(C3)C2. The van der Waals surface area contributed by atoms with E-state index < -0.39 is 22.6 Å². The van der Waals surface area contributed by atoms with Gasteiger partial charge in [0.1, 0.15) is 11.2 Å². The molecule has 4 rings (SSSR count). The third kappa shape index (κ3) is 4.52. The van der Waals surface area contributed by atoms with Crippen LogP contribution in [-0.4, -0.2) is 35.7 Å². The first-order valence-electron chi connectivity index (χ1n) is 10.4. The molecular formula is C22H34O6. The van der Waals surface area contributed by atoms with Gasteiger partial charge in [-0.05, 0) is 91.4 Å². The van der Waals surface area contributed by atoms with Crippen LogP contribution in [0.5, 0.6) is 0 Å². The lowest BCUT2D eigenvalue weighted by Crippen LogP contribution is -2.57. The maximum Gasteiger partial charge on any atom is 0.344 e. The minimum atomic E-state index is -0.606. The van der Waals surface area contributed by atoms with Crippen molar-refractivity contribution < 1.29 is 28.6 Å². The van der Waals surface area contributed by atoms with Gasteiger partial charge in [0.2, 0.25) is 0 Å². The van der Waals surface area contributed by atoms with Crippen molar-refractivity contribution in [2.45, 2.75) is 84.8 Å². The van der Waals surface area contributed by atoms with Crippen molar-refractivity contribution >= 4 is 17.9 Å². The standard InChI is InChI=1S/C22H34O6/c1-20(2,3)27-16(23)12-26-19(25)22-9-13-7-14(10-22)17(15(8-13)11-22)18(24)28-21(4,5)6/h13-15,17H,7-12H2,1-6H3. The molecule has 0 amide bonds. The van der Waals surface area contributed by atoms with Gasteiger partial charge in [-0.3, -0.25) is 9.59 Å². The molecule has 0 aromatic rings. The van der Waals surface area contributed by atoms with E-state index in [0.29, 0.717) is 18.8 Å². The Morgan fingerprint density at radius 3 is 1.89 bits per heavy atom. The second kappa shape index (κ2) is 7.03. The van der Waals surface area contributed by atoms with E-state index in [1.165, 1.54) is 0 Å². The maximum absolute atomic E-state index is 12.9. The molecule has 0 saturated heterocycles. The molecule has 4 fully saturated rings. The molecule has 2 unspecified atom stereocenters. The molecular weight excluding hydrogens is 360 g/mol. The van der Waals surface area contributed by atoms with Crippen LogP contribution >= 0.6 is 0 Å². The van der Waals surface area contributed by atoms with Gasteiger partial charge in [-0.2, -0.15) is 0 Å². The van der Waals surface area contributed by atoms with Crippen LogP contribution in [0.4, 0.5) is 0 Å². The summed E-state index contributed by atoms with van der Waals surface area (Å²) >= 11 is 0. The van der Waals surface area contributed by atoms with Gasteiger partial charge in [-0.15, -0.1) is 0 Å². The number of hydrogen-bond donors (Lipinski definition) is 0. The number of ether oxygens (including phenoxy) is 3. The quantitative estimate of drug-likeness (QED) is 0.535. The predicted molar refractivity (Wildman–Crippen MR) is 102 cm³/mol. The van der Waals surface area contributed by atoms with Crippen molar-refractivity contribution in [3.8, 4) is 0 Å². The van der Waals surface area contributed by atoms with E-state index in [2.05, 4.69) is 0 Å². The smallest absolute Gasteiger partial charge is 0.344 e. The molecule has 2 atom stereocenters. The van der Waals surface area contributed by atoms with Crippen molar-refractivity contribution in [1.29, 1.82) is 0 Å². The highest BCUT2D eigenvalue weighted by molar-refractivity contribution is 5.82. The van der Waals surface area contributed by atoms with Crippen LogP contribution in [0.25, 0.3) is 0 Å². The molecule has 4 aliphatic rings. The first-order valence-corrected chi connectivity index (χ1v) is 10.4. The second-order valence-electron chi connectivity index (χ2n) is 11.0. The minimum absolute atomic E-state index is 0.123. The zero-order chi connectivity index (χ0) is 20.9. The van der Waals surface area contributed by atoms with Crippen molar-refractivity contribution in [3.05, 3.63) is 0 Å². The van der Waals surface area contributed by atoms with Crippen LogP contribution in [0, 0.1) is 29.1 Å². The van der Waals surface area contributed by atoms with E-state index in [1.807, 2.05) is 20.8 Å². The highest BCUT2D eigenvalue weighted by atomic mass is 16.6. The maximum atomic E-state index is 12.9. The zero-order valence-electron chi connectivity index (χ0n) is 18.0. The fraction of sp³-hybridized carbons (Fsp3) is 0.864. The van der Waals surface area contributed by atoms with Gasteiger partial charge in [0, 0.05) is 0 Å². The van der Waals surface area contributed by atoms with Crippen LogP contribution in [0.3, 0.4) is 0 Å². The van der Waals surface area contributed by atoms with Gasteiger partial charge in [0.25, 0.3) is 0 Å². The lowest BCUT2D eigenvalue weighted by Gasteiger charge is -2.57. The number of carbonyl (C=O) groups is 3. The number of rotatable bonds is 4. The molecule has 4 aliphatic carbocycles. The third-order valence-corrected chi connectivity index (χ3v) is 6.13. The molecule has 0 aromatic heterocycles. The highest BCUT2D eigenvalue weighted by Crippen LogP contribution is 2.62. The molecule has 0 heterocycles. The normalized spacial score (nSPS) is 34.1. The highest BCUT2D eigenvalue weighted by Gasteiger charge is 2.61. The molecule has 0 spiro atoms. The summed E-state index contributed by atoms with van der Waals surface area (Å²) in [5, 5.41) is 0. The molecule has 0 aromatic carbocycles. The first kappa shape index (κ1) is 21.1. The fourth-order valence-electron chi connectivity index (χ4n) is 5.68. The Balaban J connectivity index is 1.65. The van der Waals surface area contributed by atoms with E-state index in [9.17, 15) is 14.4 Å². The van der Waals surface area contributed by atoms with Crippen LogP contribution in [0.15, 0.2) is 0 Å². The Kier molecular flexibility index (Phi) is 5.30. The van der Waals surface area contributed by atoms with E-state index in [1.54, 1.807) is 20.8 Å². The van der Waals surface area contributed by atoms with Gasteiger partial charge >= 0.3 is 17.9 Å². The van der Waals surface area contributed by atoms with Gasteiger partial charge in [-0.25, -0.2) is 4.79 Å². The summed E-state index contributed by atoms with van der Waals surface area (Å²) in [6, 6.07) is 0. The minimum Gasteiger partial charge on any atom is -0.460 e. The molecule has 6 heteroatoms. The van der Waals surface area contributed by atoms with Crippen LogP contribution in [0.2, 0.25) is 0 Å². The Bertz CT molecular complexity index is 637. The zero-order valence-corrected chi connectivity index (χ0v) is 18.0. The molecule has 28 heavy (non-hydrogen) atoms. The summed E-state index contributed by atoms with van der Waals surface area (Å²) in [6.45, 7) is 10.6. The topological polar surface area (TPSA) is 78.9 Å². The molecule has 0 N–H and O–H groups in total. The van der Waals surface area contributed by atoms with E-state index in [4.69, 9.17) is 14.2 Å². The summed E-state index contributed by atoms with van der Waals surface area (Å²) < 4.78 is 16.3. The van der Waals surface area contributed by atoms with Crippen LogP contribution in [0.1, 0.15) is 73.6 Å². The molecule has 158 valence electrons. The second-order valence-corrected chi connectivity index (χ2v) is 11.0. The van der Waals surface area contributed by atoms with Gasteiger partial charge in [-0.1, -0.05) is 0 Å². The fourth-order valence-corrected chi connectivity index (χ4v) is 5.68. The summed E-state index contributed by atoms with van der Waals surface area (Å²) in [5.74, 6) is -0.311. The average Bonchev–Trinajstić information content (AvgIpc) is 2.48. The predicted octanol–water partition coefficient (Wildman–Crippen LogP) is 3.66. The van der Waals surface area contributed by atoms with Gasteiger partial charge < -0.3 is 14.2 Å². The third-order valence-electron chi connectivity index (χ3n) is 6.13. The molecule has 0 radical (unpaired) electrons. The Morgan fingerprint density at radius 2 is 1.39 bits per heavy atom. The van der Waals surface area contributed by atoms with Crippen molar-refractivity contribution in [3.63, 3.8) is 0 Å². The molecule has 4 saturated carbocycles.